The lowest BCUT2D eigenvalue weighted by molar-refractivity contribution is 0.658. The van der Waals surface area contributed by atoms with Gasteiger partial charge in [0, 0.05) is 53.8 Å². The van der Waals surface area contributed by atoms with Crippen LogP contribution >= 0.6 is 22.7 Å². The molecule has 1 aliphatic heterocycles. The number of para-hydroxylation sites is 4. The smallest absolute Gasteiger partial charge is 0.0771 e. The van der Waals surface area contributed by atoms with E-state index in [1.54, 1.807) is 0 Å². The SMILES string of the molecule is CC1(C)c2ccccc2-c2cc3c(cc21)N(c1ccc2c(c1)c1cc(-c4ccc5c(c4)c4ccccc4n5-c4ccccc4)ccc1n2-c1ccccc1)c1ccccc1C31c2ccsc2-c2sccc21. The summed E-state index contributed by atoms with van der Waals surface area (Å²) in [6.45, 7) is 4.82. The molecule has 16 rings (SSSR count). The normalized spacial score (nSPS) is 14.5. The van der Waals surface area contributed by atoms with Crippen molar-refractivity contribution in [2.75, 3.05) is 4.90 Å². The van der Waals surface area contributed by atoms with Gasteiger partial charge in [-0.2, -0.15) is 0 Å². The predicted octanol–water partition coefficient (Wildman–Crippen LogP) is 18.1. The fraction of sp³-hybridized carbons (Fsp3) is 0.0606. The summed E-state index contributed by atoms with van der Waals surface area (Å²) in [5, 5.41) is 9.57. The number of anilines is 3. The quantitative estimate of drug-likeness (QED) is 0.171. The predicted molar refractivity (Wildman–Crippen MR) is 299 cm³/mol. The van der Waals surface area contributed by atoms with Gasteiger partial charge >= 0.3 is 0 Å². The van der Waals surface area contributed by atoms with Crippen LogP contribution in [-0.2, 0) is 10.8 Å². The van der Waals surface area contributed by atoms with E-state index in [-0.39, 0.29) is 5.41 Å². The monoisotopic (exact) mass is 941 g/mol. The van der Waals surface area contributed by atoms with E-state index in [4.69, 9.17) is 0 Å². The summed E-state index contributed by atoms with van der Waals surface area (Å²) in [4.78, 5) is 5.40. The molecular weight excluding hydrogens is 899 g/mol. The molecular formula is C66H43N3S2. The Morgan fingerprint density at radius 2 is 0.873 bits per heavy atom. The zero-order valence-electron chi connectivity index (χ0n) is 39.0. The Bertz CT molecular complexity index is 4350. The average Bonchev–Trinajstić information content (AvgIpc) is 4.28. The summed E-state index contributed by atoms with van der Waals surface area (Å²) in [7, 11) is 0. The summed E-state index contributed by atoms with van der Waals surface area (Å²) >= 11 is 3.77. The standard InChI is InChI=1S/C66H43N3S2/c1-65(2)51-21-11-9-19-45(51)47-38-56-62(39-55(47)65)69(61-24-14-12-22-52(61)66(56)53-31-33-70-63(53)64-54(66)32-34-71-64)44-27-30-60-50(37-44)49-36-41(26-29-59(49)68(60)43-17-7-4-8-18-43)40-25-28-58-48(35-40)46-20-10-13-23-57(46)67(58)42-15-5-3-6-16-42/h3-39H,1-2H3. The summed E-state index contributed by atoms with van der Waals surface area (Å²) in [6, 6.07) is 80.0. The van der Waals surface area contributed by atoms with Crippen molar-refractivity contribution >= 4 is 83.3 Å². The van der Waals surface area contributed by atoms with Crippen molar-refractivity contribution < 1.29 is 0 Å². The van der Waals surface area contributed by atoms with Crippen LogP contribution < -0.4 is 4.90 Å². The van der Waals surface area contributed by atoms with Crippen molar-refractivity contribution in [3.05, 3.63) is 256 Å². The maximum Gasteiger partial charge on any atom is 0.0771 e. The Labute approximate surface area is 419 Å². The number of thiophene rings is 2. The molecule has 3 nitrogen and oxygen atoms in total. The molecule has 2 aliphatic carbocycles. The van der Waals surface area contributed by atoms with Gasteiger partial charge in [-0.25, -0.2) is 0 Å². The summed E-state index contributed by atoms with van der Waals surface area (Å²) in [5.41, 5.74) is 23.4. The number of rotatable bonds is 4. The highest BCUT2D eigenvalue weighted by molar-refractivity contribution is 7.21. The topological polar surface area (TPSA) is 13.1 Å². The molecule has 0 unspecified atom stereocenters. The second-order valence-electron chi connectivity index (χ2n) is 20.0. The first-order valence-electron chi connectivity index (χ1n) is 24.6. The van der Waals surface area contributed by atoms with Gasteiger partial charge in [0.1, 0.15) is 0 Å². The van der Waals surface area contributed by atoms with Crippen molar-refractivity contribution in [3.8, 4) is 43.4 Å². The third kappa shape index (κ3) is 5.11. The van der Waals surface area contributed by atoms with Crippen LogP contribution in [-0.4, -0.2) is 9.13 Å². The molecule has 0 radical (unpaired) electrons. The Balaban J connectivity index is 0.949. The van der Waals surface area contributed by atoms with Crippen LogP contribution in [0.1, 0.15) is 47.2 Å². The van der Waals surface area contributed by atoms with Crippen LogP contribution in [0.5, 0.6) is 0 Å². The third-order valence-corrected chi connectivity index (χ3v) is 18.3. The summed E-state index contributed by atoms with van der Waals surface area (Å²) in [6.07, 6.45) is 0. The lowest BCUT2D eigenvalue weighted by Gasteiger charge is -2.45. The molecule has 0 atom stereocenters. The zero-order chi connectivity index (χ0) is 46.7. The lowest BCUT2D eigenvalue weighted by atomic mass is 9.64. The molecule has 71 heavy (non-hydrogen) atoms. The number of hydrogen-bond acceptors (Lipinski definition) is 3. The van der Waals surface area contributed by atoms with Gasteiger partial charge in [-0.15, -0.1) is 22.7 Å². The van der Waals surface area contributed by atoms with Gasteiger partial charge in [-0.05, 0) is 170 Å². The van der Waals surface area contributed by atoms with E-state index in [2.05, 4.69) is 251 Å². The van der Waals surface area contributed by atoms with Crippen LogP contribution in [0, 0.1) is 0 Å². The molecule has 4 aromatic heterocycles. The molecule has 0 fully saturated rings. The molecule has 9 aromatic carbocycles. The van der Waals surface area contributed by atoms with E-state index in [0.717, 1.165) is 11.4 Å². The molecule has 0 bridgehead atoms. The third-order valence-electron chi connectivity index (χ3n) is 16.3. The molecule has 334 valence electrons. The highest BCUT2D eigenvalue weighted by Crippen LogP contribution is 2.67. The van der Waals surface area contributed by atoms with E-state index in [1.165, 1.54) is 126 Å². The minimum absolute atomic E-state index is 0.170. The zero-order valence-corrected chi connectivity index (χ0v) is 40.7. The van der Waals surface area contributed by atoms with Gasteiger partial charge in [0.25, 0.3) is 0 Å². The number of hydrogen-bond donors (Lipinski definition) is 0. The van der Waals surface area contributed by atoms with E-state index >= 15 is 0 Å². The van der Waals surface area contributed by atoms with Crippen LogP contribution in [0.4, 0.5) is 17.1 Å². The van der Waals surface area contributed by atoms with Crippen LogP contribution in [0.25, 0.3) is 87.0 Å². The number of benzene rings is 9. The Morgan fingerprint density at radius 3 is 1.55 bits per heavy atom. The van der Waals surface area contributed by atoms with E-state index in [0.29, 0.717) is 0 Å². The lowest BCUT2D eigenvalue weighted by Crippen LogP contribution is -2.36. The average molecular weight is 942 g/mol. The fourth-order valence-corrected chi connectivity index (χ4v) is 15.3. The highest BCUT2D eigenvalue weighted by Gasteiger charge is 2.54. The van der Waals surface area contributed by atoms with Crippen molar-refractivity contribution in [2.45, 2.75) is 24.7 Å². The second kappa shape index (κ2) is 14.2. The van der Waals surface area contributed by atoms with Gasteiger partial charge in [0.05, 0.1) is 38.9 Å². The van der Waals surface area contributed by atoms with Crippen molar-refractivity contribution in [3.63, 3.8) is 0 Å². The van der Waals surface area contributed by atoms with Crippen LogP contribution in [0.3, 0.4) is 0 Å². The van der Waals surface area contributed by atoms with E-state index in [1.807, 2.05) is 22.7 Å². The van der Waals surface area contributed by atoms with E-state index < -0.39 is 5.41 Å². The number of aromatic nitrogens is 2. The fourth-order valence-electron chi connectivity index (χ4n) is 13.2. The minimum Gasteiger partial charge on any atom is -0.310 e. The molecule has 13 aromatic rings. The highest BCUT2D eigenvalue weighted by atomic mass is 32.1. The second-order valence-corrected chi connectivity index (χ2v) is 21.9. The molecule has 5 heteroatoms. The number of fused-ring (bicyclic) bond motifs is 18. The van der Waals surface area contributed by atoms with E-state index in [9.17, 15) is 0 Å². The largest absolute Gasteiger partial charge is 0.310 e. The summed E-state index contributed by atoms with van der Waals surface area (Å²) in [5.74, 6) is 0. The molecule has 1 spiro atoms. The maximum absolute atomic E-state index is 2.59. The van der Waals surface area contributed by atoms with Crippen LogP contribution in [0.2, 0.25) is 0 Å². The maximum atomic E-state index is 2.59. The first-order chi connectivity index (χ1) is 35.0. The van der Waals surface area contributed by atoms with Crippen molar-refractivity contribution in [1.82, 2.24) is 9.13 Å². The van der Waals surface area contributed by atoms with Crippen molar-refractivity contribution in [2.24, 2.45) is 0 Å². The van der Waals surface area contributed by atoms with Crippen LogP contribution in [0.15, 0.2) is 223 Å². The molecule has 0 saturated heterocycles. The minimum atomic E-state index is -0.458. The first-order valence-corrected chi connectivity index (χ1v) is 26.3. The Kier molecular flexibility index (Phi) is 7.92. The van der Waals surface area contributed by atoms with Gasteiger partial charge in [-0.1, -0.05) is 123 Å². The van der Waals surface area contributed by atoms with Gasteiger partial charge in [0.15, 0.2) is 0 Å². The van der Waals surface area contributed by atoms with Crippen molar-refractivity contribution in [1.29, 1.82) is 0 Å². The molecule has 0 amide bonds. The number of nitrogens with zero attached hydrogens (tertiary/aromatic N) is 3. The van der Waals surface area contributed by atoms with Gasteiger partial charge in [-0.3, -0.25) is 0 Å². The molecule has 3 aliphatic rings. The molecule has 0 N–H and O–H groups in total. The Morgan fingerprint density at radius 1 is 0.338 bits per heavy atom. The van der Waals surface area contributed by atoms with Gasteiger partial charge < -0.3 is 14.0 Å². The first kappa shape index (κ1) is 39.6. The Hall–Kier alpha value is -8.22. The molecule has 5 heterocycles. The molecule has 0 saturated carbocycles. The summed E-state index contributed by atoms with van der Waals surface area (Å²) < 4.78 is 4.84. The van der Waals surface area contributed by atoms with Gasteiger partial charge in [0.2, 0.25) is 0 Å².